The van der Waals surface area contributed by atoms with Gasteiger partial charge in [-0.25, -0.2) is 19.4 Å². The Morgan fingerprint density at radius 1 is 0.271 bits per heavy atom. The smallest absolute Gasteiger partial charge is 0.422 e. The predicted octanol–water partition coefficient (Wildman–Crippen LogP) is 30.9. The molecule has 118 heavy (non-hydrogen) atoms. The van der Waals surface area contributed by atoms with Crippen LogP contribution in [0, 0.1) is 0 Å². The van der Waals surface area contributed by atoms with Gasteiger partial charge in [0.25, 0.3) is 11.8 Å². The molecule has 0 aliphatic carbocycles. The Morgan fingerprint density at radius 2 is 0.466 bits per heavy atom. The molecule has 8 aromatic heterocycles. The van der Waals surface area contributed by atoms with Crippen molar-refractivity contribution < 1.29 is 57.1 Å². The molecule has 14 nitrogen and oxygen atoms in total. The lowest BCUT2D eigenvalue weighted by Crippen LogP contribution is -2.40. The van der Waals surface area contributed by atoms with Gasteiger partial charge < -0.3 is 37.9 Å². The minimum absolute atomic E-state index is 0.0502. The van der Waals surface area contributed by atoms with E-state index >= 15 is 9.59 Å². The van der Waals surface area contributed by atoms with E-state index in [1.54, 1.807) is 110 Å². The number of hydrogen-bond acceptors (Lipinski definition) is 20. The van der Waals surface area contributed by atoms with Crippen LogP contribution in [0.3, 0.4) is 0 Å². The second-order valence-electron chi connectivity index (χ2n) is 32.1. The first kappa shape index (κ1) is 89.5. The van der Waals surface area contributed by atoms with Gasteiger partial charge in [-0.2, -0.15) is 0 Å². The molecule has 0 saturated carbocycles. The van der Waals surface area contributed by atoms with Gasteiger partial charge in [0.15, 0.2) is 23.0 Å². The molecule has 0 radical (unpaired) electrons. The van der Waals surface area contributed by atoms with Gasteiger partial charge in [0.1, 0.15) is 11.2 Å². The number of nitrogens with zero attached hydrogens (tertiary/aromatic N) is 2. The minimum atomic E-state index is -1.01. The van der Waals surface area contributed by atoms with Gasteiger partial charge in [0, 0.05) is 68.3 Å². The van der Waals surface area contributed by atoms with Crippen molar-refractivity contribution in [1.82, 2.24) is 9.80 Å². The number of amides is 4. The molecule has 0 atom stereocenters. The van der Waals surface area contributed by atoms with Crippen LogP contribution in [0.25, 0.3) is 90.8 Å². The van der Waals surface area contributed by atoms with Crippen LogP contribution in [0.1, 0.15) is 247 Å². The number of carbonyl (C=O) groups excluding carboxylic acids is 4. The first-order valence-corrected chi connectivity index (χ1v) is 49.3. The molecular weight excluding hydrogens is 1630 g/mol. The van der Waals surface area contributed by atoms with Crippen molar-refractivity contribution in [3.63, 3.8) is 0 Å². The Hall–Kier alpha value is -7.80. The standard InChI is InChI=1S/C96H116N2O12S8/c1-13-19-25-31-53-103-65-59-63(60-66(104-54-32-26-20-14-2)89(65)107-57-35-29-23-17-5)69-37-39-71(111-69)73-41-43-75(113-73)77-45-47-79(115-77)81-49-51-83(117-81)87-85-86(92(100)97(87)93(101)109-95(7,8)9)88(98(91(85)99)94(102)110-96(10,11)12)84-52-50-82(118-84)80-48-46-78(116-80)76-44-42-74(114-76)72-40-38-70(112-72)64-61-67(105-55-33-27-21-15-3)90(108-58-36-30-24-18-6)68(62-64)106-56-34-28-22-16-4/h37-52,59-62H,13-36,53-58H2,1-12H3. The zero-order valence-corrected chi connectivity index (χ0v) is 77.4. The molecular formula is C96H116N2O12S8. The van der Waals surface area contributed by atoms with E-state index < -0.39 is 35.2 Å². The Morgan fingerprint density at radius 3 is 0.686 bits per heavy atom. The van der Waals surface area contributed by atoms with Gasteiger partial charge in [-0.1, -0.05) is 157 Å². The summed E-state index contributed by atoms with van der Waals surface area (Å²) >= 11 is 12.9. The summed E-state index contributed by atoms with van der Waals surface area (Å²) < 4.78 is 51.6. The normalized spacial score (nSPS) is 13.1. The van der Waals surface area contributed by atoms with Crippen LogP contribution in [-0.4, -0.2) is 84.6 Å². The summed E-state index contributed by atoms with van der Waals surface area (Å²) in [6.45, 7) is 27.4. The third kappa shape index (κ3) is 23.1. The highest BCUT2D eigenvalue weighted by Crippen LogP contribution is 2.54. The Labute approximate surface area is 731 Å². The second kappa shape index (κ2) is 43.1. The molecule has 10 aromatic rings. The zero-order chi connectivity index (χ0) is 83.3. The number of unbranched alkanes of at least 4 members (excludes halogenated alkanes) is 18. The van der Waals surface area contributed by atoms with Crippen LogP contribution < -0.4 is 28.4 Å². The van der Waals surface area contributed by atoms with Crippen molar-refractivity contribution in [2.24, 2.45) is 0 Å². The summed E-state index contributed by atoms with van der Waals surface area (Å²) in [5, 5.41) is 0. The first-order chi connectivity index (χ1) is 57.2. The Balaban J connectivity index is 0.808. The van der Waals surface area contributed by atoms with E-state index in [2.05, 4.69) is 139 Å². The van der Waals surface area contributed by atoms with Crippen LogP contribution in [-0.2, 0) is 19.1 Å². The average molecular weight is 1750 g/mol. The Bertz CT molecular complexity index is 4670. The topological polar surface area (TPSA) is 149 Å². The fraction of sp³-hybridized carbons (Fsp3) is 0.458. The van der Waals surface area contributed by atoms with Gasteiger partial charge in [-0.3, -0.25) is 9.59 Å². The number of fused-ring (bicyclic) bond motifs is 1. The van der Waals surface area contributed by atoms with Crippen LogP contribution in [0.5, 0.6) is 34.5 Å². The summed E-state index contributed by atoms with van der Waals surface area (Å²) in [5.74, 6) is 2.78. The Kier molecular flexibility index (Phi) is 32.7. The maximum atomic E-state index is 15.5. The first-order valence-electron chi connectivity index (χ1n) is 42.8. The molecule has 0 unspecified atom stereocenters. The molecule has 0 N–H and O–H groups in total. The summed E-state index contributed by atoms with van der Waals surface area (Å²) in [6.07, 6.45) is 24.6. The number of ether oxygens (including phenoxy) is 8. The molecule has 0 saturated heterocycles. The molecule has 12 rings (SSSR count). The molecule has 2 aromatic carbocycles. The quantitative estimate of drug-likeness (QED) is 0.0334. The van der Waals surface area contributed by atoms with Crippen molar-refractivity contribution in [1.29, 1.82) is 0 Å². The number of thiophene rings is 8. The van der Waals surface area contributed by atoms with Gasteiger partial charge in [0.2, 0.25) is 11.5 Å². The van der Waals surface area contributed by atoms with Gasteiger partial charge >= 0.3 is 12.2 Å². The molecule has 0 spiro atoms. The maximum absolute atomic E-state index is 15.5. The predicted molar refractivity (Wildman–Crippen MR) is 497 cm³/mol. The molecule has 2 aliphatic heterocycles. The highest BCUT2D eigenvalue weighted by molar-refractivity contribution is 7.30. The molecule has 630 valence electrons. The fourth-order valence-corrected chi connectivity index (χ4v) is 22.6. The van der Waals surface area contributed by atoms with Crippen molar-refractivity contribution in [2.45, 2.75) is 248 Å². The molecule has 0 bridgehead atoms. The zero-order valence-electron chi connectivity index (χ0n) is 70.8. The van der Waals surface area contributed by atoms with Crippen molar-refractivity contribution in [3.05, 3.63) is 142 Å². The van der Waals surface area contributed by atoms with Crippen molar-refractivity contribution in [3.8, 4) is 114 Å². The number of imide groups is 2. The molecule has 4 amide bonds. The number of hydrogen-bond donors (Lipinski definition) is 0. The second-order valence-corrected chi connectivity index (χ2v) is 40.7. The van der Waals surface area contributed by atoms with E-state index in [4.69, 9.17) is 37.9 Å². The maximum Gasteiger partial charge on any atom is 0.422 e. The summed E-state index contributed by atoms with van der Waals surface area (Å²) in [7, 11) is 0. The molecule has 10 heterocycles. The molecule has 22 heteroatoms. The van der Waals surface area contributed by atoms with Gasteiger partial charge in [0.05, 0.1) is 71.9 Å². The molecule has 2 aliphatic rings. The third-order valence-corrected chi connectivity index (χ3v) is 30.0. The largest absolute Gasteiger partial charge is 0.490 e. The lowest BCUT2D eigenvalue weighted by atomic mass is 10.1. The van der Waals surface area contributed by atoms with E-state index in [1.807, 2.05) is 24.3 Å². The third-order valence-electron chi connectivity index (χ3n) is 20.0. The van der Waals surface area contributed by atoms with E-state index in [0.717, 1.165) is 228 Å². The SMILES string of the molecule is CCCCCCOc1cc(-c2ccc(-c3ccc(-c4ccc(-c5ccc(C6=C7C(=O)N(C(=O)OC(C)(C)C)C(c8ccc(-c9ccc(-c%10ccc(-c%11ccc(-c%12cc(OCCCCCC)c(OCCCCCC)c(OCCCCCC)c%12)s%11)s%10)s9)s8)=C7C(=O)N6C(=O)OC(C)(C)C)s5)s4)s3)s2)cc(OCCCCCC)c1OCCCCCC. The lowest BCUT2D eigenvalue weighted by molar-refractivity contribution is -0.123. The van der Waals surface area contributed by atoms with Crippen LogP contribution >= 0.6 is 90.7 Å². The van der Waals surface area contributed by atoms with E-state index in [-0.39, 0.29) is 22.5 Å². The summed E-state index contributed by atoms with van der Waals surface area (Å²) in [6, 6.07) is 42.0. The van der Waals surface area contributed by atoms with E-state index in [1.165, 1.54) is 61.2 Å². The number of carbonyl (C=O) groups is 4. The van der Waals surface area contributed by atoms with Crippen LogP contribution in [0.4, 0.5) is 9.59 Å². The summed E-state index contributed by atoms with van der Waals surface area (Å²) in [4.78, 5) is 78.1. The van der Waals surface area contributed by atoms with Crippen LogP contribution in [0.15, 0.2) is 132 Å². The highest BCUT2D eigenvalue weighted by atomic mass is 32.1. The monoisotopic (exact) mass is 1740 g/mol. The van der Waals surface area contributed by atoms with Crippen LogP contribution in [0.2, 0.25) is 0 Å². The number of rotatable bonds is 46. The minimum Gasteiger partial charge on any atom is -0.490 e. The average Bonchev–Trinajstić information content (AvgIpc) is 1.54. The fourth-order valence-electron chi connectivity index (χ4n) is 14.0. The van der Waals surface area contributed by atoms with E-state index in [9.17, 15) is 9.59 Å². The van der Waals surface area contributed by atoms with Crippen molar-refractivity contribution >= 4 is 126 Å². The van der Waals surface area contributed by atoms with E-state index in [0.29, 0.717) is 60.9 Å². The summed E-state index contributed by atoms with van der Waals surface area (Å²) in [5.41, 5.74) is -0.0142. The van der Waals surface area contributed by atoms with Crippen molar-refractivity contribution in [2.75, 3.05) is 39.6 Å². The molecule has 0 fully saturated rings. The highest BCUT2D eigenvalue weighted by Gasteiger charge is 2.55. The van der Waals surface area contributed by atoms with Gasteiger partial charge in [-0.15, -0.1) is 90.7 Å². The lowest BCUT2D eigenvalue weighted by Gasteiger charge is -2.27. The van der Waals surface area contributed by atoms with Gasteiger partial charge in [-0.05, 0) is 213 Å². The number of benzene rings is 2.